The maximum atomic E-state index is 12.4. The van der Waals surface area contributed by atoms with Crippen molar-refractivity contribution in [1.82, 2.24) is 19.6 Å². The average Bonchev–Trinajstić information content (AvgIpc) is 2.86. The first-order valence-corrected chi connectivity index (χ1v) is 8.68. The summed E-state index contributed by atoms with van der Waals surface area (Å²) >= 11 is 0. The molecule has 1 aromatic heterocycles. The highest BCUT2D eigenvalue weighted by Gasteiger charge is 2.24. The highest BCUT2D eigenvalue weighted by Crippen LogP contribution is 2.25. The second-order valence-electron chi connectivity index (χ2n) is 6.89. The van der Waals surface area contributed by atoms with Crippen LogP contribution in [0, 0.1) is 5.92 Å². The van der Waals surface area contributed by atoms with E-state index in [2.05, 4.69) is 21.1 Å². The molecule has 1 saturated heterocycles. The van der Waals surface area contributed by atoms with Crippen molar-refractivity contribution in [2.45, 2.75) is 45.1 Å². The molecule has 5 heteroatoms. The molecular formula is C17H28N4O. The molecule has 0 unspecified atom stereocenters. The van der Waals surface area contributed by atoms with Gasteiger partial charge in [0.25, 0.3) is 0 Å². The summed E-state index contributed by atoms with van der Waals surface area (Å²) in [7, 11) is 1.95. The number of carbonyl (C=O) groups is 1. The zero-order chi connectivity index (χ0) is 15.4. The number of aromatic nitrogens is 2. The fraction of sp³-hybridized carbons (Fsp3) is 0.765. The lowest BCUT2D eigenvalue weighted by atomic mass is 9.89. The minimum atomic E-state index is 0.347. The second-order valence-corrected chi connectivity index (χ2v) is 6.89. The summed E-state index contributed by atoms with van der Waals surface area (Å²) in [6.45, 7) is 4.62. The molecule has 2 heterocycles. The van der Waals surface area contributed by atoms with Crippen molar-refractivity contribution in [2.75, 3.05) is 26.2 Å². The number of carbonyl (C=O) groups excluding carboxylic acids is 1. The molecule has 1 aromatic rings. The lowest BCUT2D eigenvalue weighted by Gasteiger charge is -2.29. The molecule has 2 fully saturated rings. The smallest absolute Gasteiger partial charge is 0.223 e. The number of hydrogen-bond acceptors (Lipinski definition) is 3. The van der Waals surface area contributed by atoms with Gasteiger partial charge in [0.15, 0.2) is 0 Å². The molecule has 1 aliphatic heterocycles. The van der Waals surface area contributed by atoms with Crippen LogP contribution in [0.4, 0.5) is 0 Å². The van der Waals surface area contributed by atoms with Gasteiger partial charge in [-0.05, 0) is 18.8 Å². The standard InChI is InChI=1S/C17H28N4O/c1-19-12-16(11-18-19)13-20-8-7-17(22)21(10-9-20)14-15-5-3-2-4-6-15/h11-12,15H,2-10,13-14H2,1H3. The van der Waals surface area contributed by atoms with Gasteiger partial charge in [-0.3, -0.25) is 14.4 Å². The Balaban J connectivity index is 1.52. The molecule has 0 radical (unpaired) electrons. The normalized spacial score (nSPS) is 22.0. The highest BCUT2D eigenvalue weighted by atomic mass is 16.2. The van der Waals surface area contributed by atoms with E-state index in [1.165, 1.54) is 37.7 Å². The molecule has 2 aliphatic rings. The predicted molar refractivity (Wildman–Crippen MR) is 86.3 cm³/mol. The van der Waals surface area contributed by atoms with Crippen LogP contribution in [0.25, 0.3) is 0 Å². The van der Waals surface area contributed by atoms with E-state index in [1.54, 1.807) is 0 Å². The Morgan fingerprint density at radius 3 is 2.73 bits per heavy atom. The third kappa shape index (κ3) is 4.09. The van der Waals surface area contributed by atoms with Crippen molar-refractivity contribution in [3.05, 3.63) is 18.0 Å². The molecule has 0 spiro atoms. The van der Waals surface area contributed by atoms with Crippen molar-refractivity contribution in [3.8, 4) is 0 Å². The second kappa shape index (κ2) is 7.27. The third-order valence-electron chi connectivity index (χ3n) is 5.05. The van der Waals surface area contributed by atoms with Crippen LogP contribution >= 0.6 is 0 Å². The van der Waals surface area contributed by atoms with Gasteiger partial charge < -0.3 is 4.90 Å². The minimum absolute atomic E-state index is 0.347. The van der Waals surface area contributed by atoms with Gasteiger partial charge in [0, 0.05) is 58.0 Å². The van der Waals surface area contributed by atoms with Gasteiger partial charge in [0.1, 0.15) is 0 Å². The molecule has 0 N–H and O–H groups in total. The third-order valence-corrected chi connectivity index (χ3v) is 5.05. The Labute approximate surface area is 133 Å². The number of amides is 1. The van der Waals surface area contributed by atoms with Crippen molar-refractivity contribution < 1.29 is 4.79 Å². The van der Waals surface area contributed by atoms with E-state index in [-0.39, 0.29) is 0 Å². The van der Waals surface area contributed by atoms with E-state index in [1.807, 2.05) is 17.9 Å². The molecule has 1 aliphatic carbocycles. The van der Waals surface area contributed by atoms with E-state index >= 15 is 0 Å². The van der Waals surface area contributed by atoms with Crippen molar-refractivity contribution in [3.63, 3.8) is 0 Å². The first-order valence-electron chi connectivity index (χ1n) is 8.68. The fourth-order valence-electron chi connectivity index (χ4n) is 3.75. The minimum Gasteiger partial charge on any atom is -0.341 e. The van der Waals surface area contributed by atoms with Gasteiger partial charge in [-0.1, -0.05) is 19.3 Å². The summed E-state index contributed by atoms with van der Waals surface area (Å²) in [5.74, 6) is 1.09. The van der Waals surface area contributed by atoms with Crippen LogP contribution in [0.1, 0.15) is 44.1 Å². The zero-order valence-electron chi connectivity index (χ0n) is 13.7. The Morgan fingerprint density at radius 2 is 2.00 bits per heavy atom. The van der Waals surface area contributed by atoms with Crippen LogP contribution in [0.3, 0.4) is 0 Å². The summed E-state index contributed by atoms with van der Waals surface area (Å²) < 4.78 is 1.84. The van der Waals surface area contributed by atoms with E-state index in [9.17, 15) is 4.79 Å². The summed E-state index contributed by atoms with van der Waals surface area (Å²) in [4.78, 5) is 16.9. The van der Waals surface area contributed by atoms with Gasteiger partial charge in [0.2, 0.25) is 5.91 Å². The number of aryl methyl sites for hydroxylation is 1. The van der Waals surface area contributed by atoms with Gasteiger partial charge in [-0.25, -0.2) is 0 Å². The largest absolute Gasteiger partial charge is 0.341 e. The fourth-order valence-corrected chi connectivity index (χ4v) is 3.75. The molecule has 5 nitrogen and oxygen atoms in total. The van der Waals surface area contributed by atoms with Gasteiger partial charge in [-0.2, -0.15) is 5.10 Å². The predicted octanol–water partition coefficient (Wildman–Crippen LogP) is 2.03. The molecule has 1 amide bonds. The molecule has 0 bridgehead atoms. The molecule has 22 heavy (non-hydrogen) atoms. The SMILES string of the molecule is Cn1cc(CN2CCC(=O)N(CC3CCCCC3)CC2)cn1. The van der Waals surface area contributed by atoms with E-state index in [0.717, 1.165) is 38.6 Å². The van der Waals surface area contributed by atoms with Crippen LogP contribution in [0.15, 0.2) is 12.4 Å². The number of hydrogen-bond donors (Lipinski definition) is 0. The quantitative estimate of drug-likeness (QED) is 0.855. The van der Waals surface area contributed by atoms with Crippen LogP contribution in [-0.4, -0.2) is 51.7 Å². The van der Waals surface area contributed by atoms with E-state index < -0.39 is 0 Å². The molecule has 1 saturated carbocycles. The summed E-state index contributed by atoms with van der Waals surface area (Å²) in [5, 5.41) is 4.23. The first kappa shape index (κ1) is 15.5. The molecule has 0 aromatic carbocycles. The maximum absolute atomic E-state index is 12.4. The van der Waals surface area contributed by atoms with Crippen LogP contribution in [-0.2, 0) is 18.4 Å². The molecule has 3 rings (SSSR count). The van der Waals surface area contributed by atoms with E-state index in [4.69, 9.17) is 0 Å². The summed E-state index contributed by atoms with van der Waals surface area (Å²) in [6, 6.07) is 0. The molecular weight excluding hydrogens is 276 g/mol. The van der Waals surface area contributed by atoms with Crippen LogP contribution in [0.5, 0.6) is 0 Å². The Kier molecular flexibility index (Phi) is 5.13. The summed E-state index contributed by atoms with van der Waals surface area (Å²) in [5.41, 5.74) is 1.23. The van der Waals surface area contributed by atoms with Crippen molar-refractivity contribution in [2.24, 2.45) is 13.0 Å². The highest BCUT2D eigenvalue weighted by molar-refractivity contribution is 5.76. The lowest BCUT2D eigenvalue weighted by Crippen LogP contribution is -2.37. The lowest BCUT2D eigenvalue weighted by molar-refractivity contribution is -0.131. The average molecular weight is 304 g/mol. The number of rotatable bonds is 4. The molecule has 122 valence electrons. The Hall–Kier alpha value is -1.36. The van der Waals surface area contributed by atoms with Gasteiger partial charge in [0.05, 0.1) is 6.20 Å². The Morgan fingerprint density at radius 1 is 1.18 bits per heavy atom. The Bertz CT molecular complexity index is 493. The van der Waals surface area contributed by atoms with E-state index in [0.29, 0.717) is 12.3 Å². The van der Waals surface area contributed by atoms with Crippen molar-refractivity contribution in [1.29, 1.82) is 0 Å². The number of nitrogens with zero attached hydrogens (tertiary/aromatic N) is 4. The van der Waals surface area contributed by atoms with Crippen LogP contribution in [0.2, 0.25) is 0 Å². The monoisotopic (exact) mass is 304 g/mol. The van der Waals surface area contributed by atoms with Crippen LogP contribution < -0.4 is 0 Å². The molecule has 0 atom stereocenters. The van der Waals surface area contributed by atoms with Gasteiger partial charge >= 0.3 is 0 Å². The van der Waals surface area contributed by atoms with Crippen molar-refractivity contribution >= 4 is 5.91 Å². The first-order chi connectivity index (χ1) is 10.7. The van der Waals surface area contributed by atoms with Gasteiger partial charge in [-0.15, -0.1) is 0 Å². The maximum Gasteiger partial charge on any atom is 0.223 e. The summed E-state index contributed by atoms with van der Waals surface area (Å²) in [6.07, 6.45) is 11.3. The zero-order valence-corrected chi connectivity index (χ0v) is 13.7. The topological polar surface area (TPSA) is 41.4 Å².